The fourth-order valence-corrected chi connectivity index (χ4v) is 3.26. The Bertz CT molecular complexity index is 631. The number of hydrogen-bond acceptors (Lipinski definition) is 5. The van der Waals surface area contributed by atoms with E-state index in [1.54, 1.807) is 14.2 Å². The summed E-state index contributed by atoms with van der Waals surface area (Å²) >= 11 is 5.93. The van der Waals surface area contributed by atoms with Crippen molar-refractivity contribution in [1.82, 2.24) is 19.5 Å². The molecular weight excluding hydrogens is 292 g/mol. The Hall–Kier alpha value is -1.40. The van der Waals surface area contributed by atoms with Crippen LogP contribution < -0.4 is 4.74 Å². The van der Waals surface area contributed by atoms with Crippen molar-refractivity contribution in [3.8, 4) is 5.88 Å². The number of aryl methyl sites for hydroxylation is 1. The molecule has 1 saturated carbocycles. The van der Waals surface area contributed by atoms with Crippen LogP contribution >= 0.6 is 11.6 Å². The van der Waals surface area contributed by atoms with Crippen molar-refractivity contribution in [1.29, 1.82) is 0 Å². The van der Waals surface area contributed by atoms with E-state index in [2.05, 4.69) is 19.5 Å². The minimum atomic E-state index is 0.306. The molecule has 1 aliphatic carbocycles. The van der Waals surface area contributed by atoms with E-state index in [4.69, 9.17) is 21.1 Å². The molecule has 0 spiro atoms. The maximum Gasteiger partial charge on any atom is 0.245 e. The molecule has 0 radical (unpaired) electrons. The molecule has 2 aromatic rings. The lowest BCUT2D eigenvalue weighted by Gasteiger charge is -2.16. The first-order valence-electron chi connectivity index (χ1n) is 7.13. The number of halogens is 1. The first kappa shape index (κ1) is 14.5. The highest BCUT2D eigenvalue weighted by atomic mass is 35.5. The minimum Gasteiger partial charge on any atom is -0.479 e. The highest BCUT2D eigenvalue weighted by Crippen LogP contribution is 2.35. The smallest absolute Gasteiger partial charge is 0.245 e. The van der Waals surface area contributed by atoms with Gasteiger partial charge in [0.25, 0.3) is 0 Å². The highest BCUT2D eigenvalue weighted by molar-refractivity contribution is 6.17. The SMILES string of the molecule is COc1ncnc2c1nc(CCCl)n2C1CCC(OC)C1. The normalized spacial score (nSPS) is 22.0. The number of fused-ring (bicyclic) bond motifs is 1. The molecule has 2 aromatic heterocycles. The average Bonchev–Trinajstić information content (AvgIpc) is 3.10. The van der Waals surface area contributed by atoms with E-state index in [1.165, 1.54) is 6.33 Å². The Kier molecular flexibility index (Phi) is 4.26. The number of nitrogens with zero attached hydrogens (tertiary/aromatic N) is 4. The first-order chi connectivity index (χ1) is 10.3. The van der Waals surface area contributed by atoms with E-state index in [9.17, 15) is 0 Å². The Balaban J connectivity index is 2.08. The lowest BCUT2D eigenvalue weighted by Crippen LogP contribution is -2.13. The molecule has 7 heteroatoms. The molecule has 2 heterocycles. The standard InChI is InChI=1S/C14H19ClN4O2/c1-20-10-4-3-9(7-10)19-11(5-6-15)18-12-13(19)16-8-17-14(12)21-2/h8-10H,3-7H2,1-2H3. The Morgan fingerprint density at radius 2 is 2.19 bits per heavy atom. The van der Waals surface area contributed by atoms with Crippen LogP contribution in [0.4, 0.5) is 0 Å². The number of hydrogen-bond donors (Lipinski definition) is 0. The maximum absolute atomic E-state index is 5.93. The summed E-state index contributed by atoms with van der Waals surface area (Å²) in [5.41, 5.74) is 1.53. The number of imidazole rings is 1. The summed E-state index contributed by atoms with van der Waals surface area (Å²) in [6.07, 6.45) is 5.63. The van der Waals surface area contributed by atoms with Crippen LogP contribution in [0.3, 0.4) is 0 Å². The van der Waals surface area contributed by atoms with Gasteiger partial charge in [-0.1, -0.05) is 0 Å². The van der Waals surface area contributed by atoms with Crippen LogP contribution in [0.2, 0.25) is 0 Å². The Labute approximate surface area is 128 Å². The summed E-state index contributed by atoms with van der Waals surface area (Å²) in [7, 11) is 3.36. The summed E-state index contributed by atoms with van der Waals surface area (Å²) in [6.45, 7) is 0. The Morgan fingerprint density at radius 3 is 2.86 bits per heavy atom. The topological polar surface area (TPSA) is 62.1 Å². The second-order valence-corrected chi connectivity index (χ2v) is 5.59. The van der Waals surface area contributed by atoms with Crippen molar-refractivity contribution in [2.24, 2.45) is 0 Å². The molecule has 21 heavy (non-hydrogen) atoms. The van der Waals surface area contributed by atoms with Crippen molar-refractivity contribution in [3.05, 3.63) is 12.2 Å². The van der Waals surface area contributed by atoms with Gasteiger partial charge in [0.05, 0.1) is 13.2 Å². The van der Waals surface area contributed by atoms with E-state index >= 15 is 0 Å². The van der Waals surface area contributed by atoms with Gasteiger partial charge in [-0.2, -0.15) is 4.98 Å². The quantitative estimate of drug-likeness (QED) is 0.793. The zero-order valence-electron chi connectivity index (χ0n) is 12.3. The van der Waals surface area contributed by atoms with E-state index in [0.717, 1.165) is 30.7 Å². The fraction of sp³-hybridized carbons (Fsp3) is 0.643. The number of methoxy groups -OCH3 is 2. The van der Waals surface area contributed by atoms with Crippen molar-refractivity contribution >= 4 is 22.8 Å². The van der Waals surface area contributed by atoms with Crippen LogP contribution in [-0.4, -0.2) is 45.7 Å². The van der Waals surface area contributed by atoms with Gasteiger partial charge in [-0.25, -0.2) is 9.97 Å². The summed E-state index contributed by atoms with van der Waals surface area (Å²) < 4.78 is 13.0. The summed E-state index contributed by atoms with van der Waals surface area (Å²) in [4.78, 5) is 13.2. The molecule has 0 amide bonds. The predicted octanol–water partition coefficient (Wildman–Crippen LogP) is 2.36. The largest absolute Gasteiger partial charge is 0.479 e. The van der Waals surface area contributed by atoms with Gasteiger partial charge >= 0.3 is 0 Å². The summed E-state index contributed by atoms with van der Waals surface area (Å²) in [6, 6.07) is 0.345. The van der Waals surface area contributed by atoms with Gasteiger partial charge in [0.1, 0.15) is 12.2 Å². The molecule has 0 N–H and O–H groups in total. The highest BCUT2D eigenvalue weighted by Gasteiger charge is 2.30. The van der Waals surface area contributed by atoms with Crippen LogP contribution in [0, 0.1) is 0 Å². The lowest BCUT2D eigenvalue weighted by molar-refractivity contribution is 0.106. The van der Waals surface area contributed by atoms with E-state index in [-0.39, 0.29) is 0 Å². The van der Waals surface area contributed by atoms with Crippen molar-refractivity contribution in [3.63, 3.8) is 0 Å². The molecule has 2 unspecified atom stereocenters. The molecule has 1 fully saturated rings. The monoisotopic (exact) mass is 310 g/mol. The molecule has 114 valence electrons. The second kappa shape index (κ2) is 6.15. The Morgan fingerprint density at radius 1 is 1.33 bits per heavy atom. The van der Waals surface area contributed by atoms with Gasteiger partial charge in [0.2, 0.25) is 5.88 Å². The molecule has 2 atom stereocenters. The van der Waals surface area contributed by atoms with Crippen molar-refractivity contribution < 1.29 is 9.47 Å². The zero-order chi connectivity index (χ0) is 14.8. The van der Waals surface area contributed by atoms with Crippen LogP contribution in [0.25, 0.3) is 11.2 Å². The third kappa shape index (κ3) is 2.58. The summed E-state index contributed by atoms with van der Waals surface area (Å²) in [5, 5.41) is 0. The van der Waals surface area contributed by atoms with Crippen LogP contribution in [0.15, 0.2) is 6.33 Å². The number of aromatic nitrogens is 4. The van der Waals surface area contributed by atoms with Gasteiger partial charge in [-0.15, -0.1) is 11.6 Å². The van der Waals surface area contributed by atoms with Crippen LogP contribution in [0.5, 0.6) is 5.88 Å². The van der Waals surface area contributed by atoms with Crippen molar-refractivity contribution in [2.75, 3.05) is 20.1 Å². The van der Waals surface area contributed by atoms with Gasteiger partial charge in [-0.3, -0.25) is 0 Å². The molecule has 3 rings (SSSR count). The van der Waals surface area contributed by atoms with Gasteiger partial charge in [0.15, 0.2) is 11.2 Å². The van der Waals surface area contributed by atoms with Crippen molar-refractivity contribution in [2.45, 2.75) is 37.8 Å². The molecule has 0 aromatic carbocycles. The van der Waals surface area contributed by atoms with Gasteiger partial charge < -0.3 is 14.0 Å². The minimum absolute atomic E-state index is 0.306. The summed E-state index contributed by atoms with van der Waals surface area (Å²) in [5.74, 6) is 1.98. The molecule has 0 saturated heterocycles. The van der Waals surface area contributed by atoms with Gasteiger partial charge in [-0.05, 0) is 19.3 Å². The fourth-order valence-electron chi connectivity index (χ4n) is 3.09. The molecule has 0 aliphatic heterocycles. The zero-order valence-corrected chi connectivity index (χ0v) is 13.0. The van der Waals surface area contributed by atoms with Gasteiger partial charge in [0, 0.05) is 25.5 Å². The molecular formula is C14H19ClN4O2. The van der Waals surface area contributed by atoms with E-state index < -0.39 is 0 Å². The maximum atomic E-state index is 5.93. The van der Waals surface area contributed by atoms with E-state index in [0.29, 0.717) is 35.8 Å². The van der Waals surface area contributed by atoms with Crippen LogP contribution in [0.1, 0.15) is 31.1 Å². The lowest BCUT2D eigenvalue weighted by atomic mass is 10.2. The van der Waals surface area contributed by atoms with Crippen LogP contribution in [-0.2, 0) is 11.2 Å². The number of rotatable bonds is 5. The second-order valence-electron chi connectivity index (χ2n) is 5.22. The number of alkyl halides is 1. The van der Waals surface area contributed by atoms with E-state index in [1.807, 2.05) is 0 Å². The number of ether oxygens (including phenoxy) is 2. The molecule has 1 aliphatic rings. The predicted molar refractivity (Wildman–Crippen MR) is 80.0 cm³/mol. The molecule has 0 bridgehead atoms. The average molecular weight is 311 g/mol. The molecule has 6 nitrogen and oxygen atoms in total. The first-order valence-corrected chi connectivity index (χ1v) is 7.66. The third-order valence-corrected chi connectivity index (χ3v) is 4.27. The third-order valence-electron chi connectivity index (χ3n) is 4.08.